The number of hydrogen-bond acceptors (Lipinski definition) is 3. The second-order valence-corrected chi connectivity index (χ2v) is 7.97. The Hall–Kier alpha value is -1.73. The van der Waals surface area contributed by atoms with Crippen LogP contribution in [0.3, 0.4) is 0 Å². The maximum absolute atomic E-state index is 13.1. The molecule has 5 nitrogen and oxygen atoms in total. The van der Waals surface area contributed by atoms with Crippen LogP contribution in [-0.2, 0) is 10.0 Å². The number of rotatable bonds is 4. The fraction of sp³-hybridized carbons (Fsp3) is 0.438. The van der Waals surface area contributed by atoms with Crippen LogP contribution in [0.15, 0.2) is 41.6 Å². The molecular formula is C16H20FN3O2S. The average molecular weight is 337 g/mol. The van der Waals surface area contributed by atoms with Crippen molar-refractivity contribution in [2.75, 3.05) is 6.54 Å². The normalized spacial score (nSPS) is 19.6. The molecular weight excluding hydrogens is 317 g/mol. The molecule has 0 radical (unpaired) electrons. The predicted octanol–water partition coefficient (Wildman–Crippen LogP) is 3.13. The van der Waals surface area contributed by atoms with Gasteiger partial charge in [-0.05, 0) is 44.4 Å². The van der Waals surface area contributed by atoms with E-state index in [0.717, 1.165) is 18.4 Å². The maximum atomic E-state index is 13.1. The zero-order chi connectivity index (χ0) is 16.6. The summed E-state index contributed by atoms with van der Waals surface area (Å²) in [5.74, 6) is -0.320. The number of benzene rings is 1. The molecule has 1 aromatic heterocycles. The molecule has 0 aliphatic carbocycles. The molecule has 23 heavy (non-hydrogen) atoms. The molecule has 0 amide bonds. The van der Waals surface area contributed by atoms with Crippen molar-refractivity contribution in [2.24, 2.45) is 0 Å². The Morgan fingerprint density at radius 2 is 1.96 bits per heavy atom. The lowest BCUT2D eigenvalue weighted by Gasteiger charge is -2.23. The van der Waals surface area contributed by atoms with Gasteiger partial charge in [0.1, 0.15) is 10.7 Å². The highest BCUT2D eigenvalue weighted by Crippen LogP contribution is 2.36. The molecule has 1 unspecified atom stereocenters. The third-order valence-corrected chi connectivity index (χ3v) is 6.03. The third kappa shape index (κ3) is 3.03. The van der Waals surface area contributed by atoms with E-state index >= 15 is 0 Å². The number of halogens is 1. The summed E-state index contributed by atoms with van der Waals surface area (Å²) in [6.45, 7) is 4.36. The molecule has 1 fully saturated rings. The zero-order valence-corrected chi connectivity index (χ0v) is 14.0. The van der Waals surface area contributed by atoms with Gasteiger partial charge in [0.05, 0.1) is 12.2 Å². The summed E-state index contributed by atoms with van der Waals surface area (Å²) in [4.78, 5) is 0.209. The Balaban J connectivity index is 1.92. The van der Waals surface area contributed by atoms with Gasteiger partial charge in [0, 0.05) is 18.8 Å². The monoisotopic (exact) mass is 337 g/mol. The van der Waals surface area contributed by atoms with E-state index in [1.807, 2.05) is 13.8 Å². The summed E-state index contributed by atoms with van der Waals surface area (Å²) in [6.07, 6.45) is 4.50. The highest BCUT2D eigenvalue weighted by molar-refractivity contribution is 7.89. The van der Waals surface area contributed by atoms with Crippen molar-refractivity contribution in [3.63, 3.8) is 0 Å². The number of hydrogen-bond donors (Lipinski definition) is 0. The molecule has 1 atom stereocenters. The van der Waals surface area contributed by atoms with E-state index < -0.39 is 10.0 Å². The smallest absolute Gasteiger partial charge is 0.246 e. The lowest BCUT2D eigenvalue weighted by molar-refractivity contribution is 0.396. The topological polar surface area (TPSA) is 55.2 Å². The minimum atomic E-state index is -3.60. The summed E-state index contributed by atoms with van der Waals surface area (Å²) in [5, 5.41) is 4.12. The van der Waals surface area contributed by atoms with E-state index in [4.69, 9.17) is 0 Å². The Labute approximate surface area is 135 Å². The van der Waals surface area contributed by atoms with Crippen LogP contribution in [0.5, 0.6) is 0 Å². The molecule has 1 aliphatic rings. The molecule has 0 bridgehead atoms. The van der Waals surface area contributed by atoms with E-state index in [1.54, 1.807) is 23.0 Å². The van der Waals surface area contributed by atoms with Crippen LogP contribution < -0.4 is 0 Å². The lowest BCUT2D eigenvalue weighted by atomic mass is 10.1. The Kier molecular flexibility index (Phi) is 4.25. The van der Waals surface area contributed by atoms with E-state index in [9.17, 15) is 12.8 Å². The first-order valence-corrected chi connectivity index (χ1v) is 9.15. The highest BCUT2D eigenvalue weighted by atomic mass is 32.2. The van der Waals surface area contributed by atoms with Crippen LogP contribution in [0.2, 0.25) is 0 Å². The minimum Gasteiger partial charge on any atom is -0.269 e. The summed E-state index contributed by atoms with van der Waals surface area (Å²) in [5.41, 5.74) is 0.823. The second kappa shape index (κ2) is 6.05. The van der Waals surface area contributed by atoms with Gasteiger partial charge in [-0.25, -0.2) is 12.8 Å². The van der Waals surface area contributed by atoms with Gasteiger partial charge in [-0.1, -0.05) is 12.1 Å². The zero-order valence-electron chi connectivity index (χ0n) is 13.2. The Bertz CT molecular complexity index is 784. The SMILES string of the molecule is CC(C)n1cc(S(=O)(=O)N2CCCC2c2ccc(F)cc2)cn1. The van der Waals surface area contributed by atoms with Gasteiger partial charge < -0.3 is 0 Å². The number of aromatic nitrogens is 2. The summed E-state index contributed by atoms with van der Waals surface area (Å²) < 4.78 is 42.1. The maximum Gasteiger partial charge on any atom is 0.246 e. The van der Waals surface area contributed by atoms with Crippen LogP contribution >= 0.6 is 0 Å². The molecule has 2 aromatic rings. The second-order valence-electron chi connectivity index (χ2n) is 6.08. The van der Waals surface area contributed by atoms with E-state index in [1.165, 1.54) is 22.6 Å². The standard InChI is InChI=1S/C16H20FN3O2S/c1-12(2)19-11-15(10-18-19)23(21,22)20-9-3-4-16(20)13-5-7-14(17)8-6-13/h5-8,10-12,16H,3-4,9H2,1-2H3. The molecule has 0 spiro atoms. The molecule has 0 N–H and O–H groups in total. The summed E-state index contributed by atoms with van der Waals surface area (Å²) >= 11 is 0. The van der Waals surface area contributed by atoms with Crippen molar-refractivity contribution >= 4 is 10.0 Å². The van der Waals surface area contributed by atoms with Crippen LogP contribution in [0.25, 0.3) is 0 Å². The van der Waals surface area contributed by atoms with Crippen molar-refractivity contribution in [2.45, 2.75) is 43.7 Å². The quantitative estimate of drug-likeness (QED) is 0.861. The van der Waals surface area contributed by atoms with Crippen molar-refractivity contribution in [3.8, 4) is 0 Å². The van der Waals surface area contributed by atoms with Gasteiger partial charge in [-0.3, -0.25) is 4.68 Å². The van der Waals surface area contributed by atoms with Crippen LogP contribution in [0.4, 0.5) is 4.39 Å². The van der Waals surface area contributed by atoms with Crippen molar-refractivity contribution < 1.29 is 12.8 Å². The van der Waals surface area contributed by atoms with Gasteiger partial charge in [0.15, 0.2) is 0 Å². The summed E-state index contributed by atoms with van der Waals surface area (Å²) in [6, 6.07) is 5.91. The third-order valence-electron chi connectivity index (χ3n) is 4.17. The summed E-state index contributed by atoms with van der Waals surface area (Å²) in [7, 11) is -3.60. The molecule has 0 saturated carbocycles. The first kappa shape index (κ1) is 16.1. The van der Waals surface area contributed by atoms with Crippen molar-refractivity contribution in [1.82, 2.24) is 14.1 Å². The fourth-order valence-corrected chi connectivity index (χ4v) is 4.54. The first-order chi connectivity index (χ1) is 10.9. The van der Waals surface area contributed by atoms with E-state index in [2.05, 4.69) is 5.10 Å². The molecule has 1 saturated heterocycles. The van der Waals surface area contributed by atoms with Crippen LogP contribution in [0.1, 0.15) is 44.3 Å². The highest BCUT2D eigenvalue weighted by Gasteiger charge is 2.36. The van der Waals surface area contributed by atoms with Crippen molar-refractivity contribution in [1.29, 1.82) is 0 Å². The van der Waals surface area contributed by atoms with Gasteiger partial charge >= 0.3 is 0 Å². The molecule has 2 heterocycles. The minimum absolute atomic E-state index is 0.102. The Morgan fingerprint density at radius 3 is 2.57 bits per heavy atom. The van der Waals surface area contributed by atoms with E-state index in [0.29, 0.717) is 6.54 Å². The van der Waals surface area contributed by atoms with Gasteiger partial charge in [0.2, 0.25) is 10.0 Å². The number of nitrogens with zero attached hydrogens (tertiary/aromatic N) is 3. The predicted molar refractivity (Wildman–Crippen MR) is 84.9 cm³/mol. The molecule has 1 aliphatic heterocycles. The average Bonchev–Trinajstić information content (AvgIpc) is 3.18. The Morgan fingerprint density at radius 1 is 1.26 bits per heavy atom. The van der Waals surface area contributed by atoms with E-state index in [-0.39, 0.29) is 22.8 Å². The largest absolute Gasteiger partial charge is 0.269 e. The molecule has 3 rings (SSSR count). The lowest BCUT2D eigenvalue weighted by Crippen LogP contribution is -2.30. The van der Waals surface area contributed by atoms with Gasteiger partial charge in [-0.2, -0.15) is 9.40 Å². The number of sulfonamides is 1. The molecule has 1 aromatic carbocycles. The fourth-order valence-electron chi connectivity index (χ4n) is 2.92. The van der Waals surface area contributed by atoms with Gasteiger partial charge in [-0.15, -0.1) is 0 Å². The van der Waals surface area contributed by atoms with Crippen molar-refractivity contribution in [3.05, 3.63) is 48.0 Å². The van der Waals surface area contributed by atoms with Gasteiger partial charge in [0.25, 0.3) is 0 Å². The first-order valence-electron chi connectivity index (χ1n) is 7.71. The van der Waals surface area contributed by atoms with Crippen LogP contribution in [-0.4, -0.2) is 29.0 Å². The van der Waals surface area contributed by atoms with Crippen LogP contribution in [0, 0.1) is 5.82 Å². The molecule has 7 heteroatoms. The molecule has 124 valence electrons.